The van der Waals surface area contributed by atoms with Crippen LogP contribution >= 0.6 is 0 Å². The summed E-state index contributed by atoms with van der Waals surface area (Å²) >= 11 is 0. The molecule has 6 heteroatoms. The Balaban J connectivity index is 1.63. The van der Waals surface area contributed by atoms with Crippen molar-refractivity contribution in [1.82, 2.24) is 10.2 Å². The van der Waals surface area contributed by atoms with Gasteiger partial charge in [0, 0.05) is 46.3 Å². The number of amides is 1. The van der Waals surface area contributed by atoms with Gasteiger partial charge in [-0.25, -0.2) is 0 Å². The van der Waals surface area contributed by atoms with Crippen molar-refractivity contribution < 1.29 is 9.53 Å². The average Bonchev–Trinajstić information content (AvgIpc) is 3.30. The van der Waals surface area contributed by atoms with E-state index < -0.39 is 0 Å². The molecule has 0 aromatic heterocycles. The number of piperidine rings is 1. The fourth-order valence-electron chi connectivity index (χ4n) is 2.95. The number of hydrogen-bond donors (Lipinski definition) is 2. The van der Waals surface area contributed by atoms with E-state index in [0.717, 1.165) is 64.0 Å². The van der Waals surface area contributed by atoms with E-state index >= 15 is 0 Å². The number of nitrogens with two attached hydrogens (primary N) is 1. The quantitative estimate of drug-likeness (QED) is 0.398. The number of aliphatic imine (C=N–C) groups is 1. The molecule has 1 saturated carbocycles. The van der Waals surface area contributed by atoms with Crippen molar-refractivity contribution in [1.29, 1.82) is 0 Å². The van der Waals surface area contributed by atoms with E-state index in [1.807, 2.05) is 7.05 Å². The number of nitrogens with zero attached hydrogens (tertiary/aromatic N) is 2. The van der Waals surface area contributed by atoms with Gasteiger partial charge in [-0.15, -0.1) is 0 Å². The second-order valence-corrected chi connectivity index (χ2v) is 6.47. The highest BCUT2D eigenvalue weighted by Gasteiger charge is 2.23. The molecule has 0 spiro atoms. The maximum atomic E-state index is 11.1. The van der Waals surface area contributed by atoms with Gasteiger partial charge in [-0.3, -0.25) is 9.79 Å². The van der Waals surface area contributed by atoms with Gasteiger partial charge in [0.15, 0.2) is 5.96 Å². The predicted octanol–water partition coefficient (Wildman–Crippen LogP) is 0.966. The number of carbonyl (C=O) groups is 1. The lowest BCUT2D eigenvalue weighted by Crippen LogP contribution is -2.47. The normalized spacial score (nSPS) is 22.7. The lowest BCUT2D eigenvalue weighted by molar-refractivity contribution is -0.119. The average molecular weight is 310 g/mol. The molecule has 1 saturated heterocycles. The van der Waals surface area contributed by atoms with Crippen molar-refractivity contribution in [2.75, 3.05) is 39.9 Å². The fraction of sp³-hybridized carbons (Fsp3) is 0.875. The summed E-state index contributed by atoms with van der Waals surface area (Å²) in [5.41, 5.74) is 5.31. The number of guanidine groups is 1. The molecule has 3 N–H and O–H groups in total. The van der Waals surface area contributed by atoms with Crippen molar-refractivity contribution in [3.05, 3.63) is 0 Å². The molecular weight excluding hydrogens is 280 g/mol. The summed E-state index contributed by atoms with van der Waals surface area (Å²) in [6.07, 6.45) is 6.31. The smallest absolute Gasteiger partial charge is 0.217 e. The third kappa shape index (κ3) is 6.22. The first-order valence-corrected chi connectivity index (χ1v) is 8.50. The van der Waals surface area contributed by atoms with Crippen LogP contribution in [-0.4, -0.2) is 56.7 Å². The monoisotopic (exact) mass is 310 g/mol. The maximum absolute atomic E-state index is 11.1. The van der Waals surface area contributed by atoms with Crippen LogP contribution in [-0.2, 0) is 9.53 Å². The molecule has 1 unspecified atom stereocenters. The second-order valence-electron chi connectivity index (χ2n) is 6.47. The molecule has 2 rings (SSSR count). The Morgan fingerprint density at radius 1 is 1.36 bits per heavy atom. The van der Waals surface area contributed by atoms with Crippen LogP contribution in [0.1, 0.15) is 38.5 Å². The van der Waals surface area contributed by atoms with Crippen LogP contribution in [0.5, 0.6) is 0 Å². The van der Waals surface area contributed by atoms with E-state index in [1.165, 1.54) is 12.8 Å². The summed E-state index contributed by atoms with van der Waals surface area (Å²) in [5.74, 6) is 1.90. The minimum Gasteiger partial charge on any atom is -0.381 e. The fourth-order valence-corrected chi connectivity index (χ4v) is 2.95. The van der Waals surface area contributed by atoms with Gasteiger partial charge in [0.05, 0.1) is 0 Å². The molecule has 0 aromatic carbocycles. The topological polar surface area (TPSA) is 80.0 Å². The lowest BCUT2D eigenvalue weighted by atomic mass is 9.95. The highest BCUT2D eigenvalue weighted by Crippen LogP contribution is 2.28. The molecule has 2 aliphatic rings. The van der Waals surface area contributed by atoms with Gasteiger partial charge in [0.25, 0.3) is 0 Å². The molecular formula is C16H30N4O2. The van der Waals surface area contributed by atoms with Gasteiger partial charge < -0.3 is 20.7 Å². The lowest BCUT2D eigenvalue weighted by Gasteiger charge is -2.34. The van der Waals surface area contributed by atoms with Crippen LogP contribution in [0.4, 0.5) is 0 Å². The molecule has 0 bridgehead atoms. The van der Waals surface area contributed by atoms with Gasteiger partial charge in [-0.2, -0.15) is 0 Å². The molecule has 22 heavy (non-hydrogen) atoms. The Morgan fingerprint density at radius 3 is 2.86 bits per heavy atom. The molecule has 126 valence electrons. The maximum Gasteiger partial charge on any atom is 0.217 e. The largest absolute Gasteiger partial charge is 0.381 e. The molecule has 1 atom stereocenters. The summed E-state index contributed by atoms with van der Waals surface area (Å²) in [7, 11) is 1.81. The Kier molecular flexibility index (Phi) is 6.96. The van der Waals surface area contributed by atoms with Gasteiger partial charge in [0.1, 0.15) is 0 Å². The van der Waals surface area contributed by atoms with E-state index in [0.29, 0.717) is 12.3 Å². The Hall–Kier alpha value is -1.30. The summed E-state index contributed by atoms with van der Waals surface area (Å²) in [6.45, 7) is 4.46. The second kappa shape index (κ2) is 8.98. The highest BCUT2D eigenvalue weighted by atomic mass is 16.5. The molecule has 2 fully saturated rings. The molecule has 1 amide bonds. The highest BCUT2D eigenvalue weighted by molar-refractivity contribution is 5.80. The number of carbonyl (C=O) groups excluding carboxylic acids is 1. The summed E-state index contributed by atoms with van der Waals surface area (Å²) in [4.78, 5) is 17.7. The number of likely N-dealkylation sites (tertiary alicyclic amines) is 1. The zero-order valence-corrected chi connectivity index (χ0v) is 13.7. The van der Waals surface area contributed by atoms with Crippen LogP contribution in [0.15, 0.2) is 4.99 Å². The van der Waals surface area contributed by atoms with Crippen molar-refractivity contribution in [2.24, 2.45) is 22.6 Å². The molecule has 0 radical (unpaired) electrons. The van der Waals surface area contributed by atoms with Gasteiger partial charge in [0.2, 0.25) is 5.91 Å². The van der Waals surface area contributed by atoms with Crippen LogP contribution < -0.4 is 11.1 Å². The van der Waals surface area contributed by atoms with Gasteiger partial charge in [-0.05, 0) is 43.9 Å². The first-order chi connectivity index (χ1) is 10.7. The zero-order valence-electron chi connectivity index (χ0n) is 13.7. The molecule has 1 heterocycles. The van der Waals surface area contributed by atoms with Crippen LogP contribution in [0, 0.1) is 11.8 Å². The standard InChI is InChI=1S/C16H30N4O2/c1-18-16(19-7-3-9-22-12-13-5-6-13)20-8-2-4-14(11-20)10-15(17)21/h13-14H,2-12H2,1H3,(H2,17,21)(H,18,19). The summed E-state index contributed by atoms with van der Waals surface area (Å²) in [6, 6.07) is 0. The Morgan fingerprint density at radius 2 is 2.18 bits per heavy atom. The van der Waals surface area contributed by atoms with Gasteiger partial charge in [-0.1, -0.05) is 0 Å². The third-order valence-electron chi connectivity index (χ3n) is 4.32. The van der Waals surface area contributed by atoms with E-state index in [4.69, 9.17) is 10.5 Å². The van der Waals surface area contributed by atoms with Crippen molar-refractivity contribution in [3.63, 3.8) is 0 Å². The summed E-state index contributed by atoms with van der Waals surface area (Å²) < 4.78 is 5.63. The van der Waals surface area contributed by atoms with E-state index in [1.54, 1.807) is 0 Å². The van der Waals surface area contributed by atoms with Crippen molar-refractivity contribution in [3.8, 4) is 0 Å². The molecule has 6 nitrogen and oxygen atoms in total. The van der Waals surface area contributed by atoms with Gasteiger partial charge >= 0.3 is 0 Å². The Labute approximate surface area is 133 Å². The van der Waals surface area contributed by atoms with E-state index in [9.17, 15) is 4.79 Å². The van der Waals surface area contributed by atoms with Crippen molar-refractivity contribution in [2.45, 2.75) is 38.5 Å². The minimum absolute atomic E-state index is 0.206. The minimum atomic E-state index is -0.206. The first-order valence-electron chi connectivity index (χ1n) is 8.50. The number of rotatable bonds is 8. The number of nitrogens with one attached hydrogen (secondary N) is 1. The SMILES string of the molecule is CN=C(NCCCOCC1CC1)N1CCCC(CC(N)=O)C1. The molecule has 1 aliphatic heterocycles. The number of hydrogen-bond acceptors (Lipinski definition) is 3. The van der Waals surface area contributed by atoms with Crippen LogP contribution in [0.25, 0.3) is 0 Å². The van der Waals surface area contributed by atoms with Crippen LogP contribution in [0.2, 0.25) is 0 Å². The Bertz CT molecular complexity index is 382. The first kappa shape index (κ1) is 17.1. The number of ether oxygens (including phenoxy) is 1. The molecule has 1 aliphatic carbocycles. The third-order valence-corrected chi connectivity index (χ3v) is 4.32. The zero-order chi connectivity index (χ0) is 15.8. The van der Waals surface area contributed by atoms with E-state index in [2.05, 4.69) is 15.2 Å². The van der Waals surface area contributed by atoms with Crippen LogP contribution in [0.3, 0.4) is 0 Å². The number of primary amides is 1. The van der Waals surface area contributed by atoms with E-state index in [-0.39, 0.29) is 5.91 Å². The van der Waals surface area contributed by atoms with Crippen molar-refractivity contribution >= 4 is 11.9 Å². The predicted molar refractivity (Wildman–Crippen MR) is 87.6 cm³/mol. The molecule has 0 aromatic rings. The summed E-state index contributed by atoms with van der Waals surface area (Å²) in [5, 5.41) is 3.40.